The van der Waals surface area contributed by atoms with Gasteiger partial charge >= 0.3 is 11.9 Å². The third kappa shape index (κ3) is 8.12. The number of aliphatic hydroxyl groups is 5. The number of aliphatic hydroxyl groups excluding tert-OH is 4. The molecule has 18 heteroatoms. The fraction of sp³-hybridized carbons (Fsp3) is 0.381. The number of phenols is 2. The normalized spacial score (nSPS) is 29.1. The molecule has 9 atom stereocenters. The van der Waals surface area contributed by atoms with Crippen molar-refractivity contribution in [1.29, 1.82) is 0 Å². The van der Waals surface area contributed by atoms with Crippen molar-refractivity contribution in [2.45, 2.75) is 85.9 Å². The van der Waals surface area contributed by atoms with E-state index in [0.29, 0.717) is 36.8 Å². The van der Waals surface area contributed by atoms with Crippen LogP contribution < -0.4 is 20.7 Å². The number of guanidine groups is 1. The zero-order valence-electron chi connectivity index (χ0n) is 32.5. The number of nitrogens with one attached hydrogen (secondary N) is 2. The molecule has 7 rings (SSSR count). The van der Waals surface area contributed by atoms with E-state index in [4.69, 9.17) is 15.2 Å². The van der Waals surface area contributed by atoms with Crippen LogP contribution in [0.25, 0.3) is 6.08 Å². The molecule has 4 aromatic rings. The van der Waals surface area contributed by atoms with Crippen molar-refractivity contribution < 1.29 is 59.9 Å². The molecule has 3 aliphatic rings. The standard InChI is InChI=1S/C42H48N6O12/c1-44-40(43)47-25-11-12-41(17-25,24-5-3-2-4-6-24)18-28-27-15-31(51)32(59-42(58)38(55)37(54)36(53)33(20-49)60-42)16-29(27)48(35(28)39(56)57)34(52)10-8-22-7-9-30(50)23(13-22)14-26-19-45-21-46-26/h2-10,13,15-16,19,21,25,28,33,35-38,49-51,53-55,58H,11-12,14,17-18,20H2,1H3,(H,45,46)(H,56,57)(H3,43,44,47)/b10-8+/t25-,28+,33+,35+,36+,37-,38+,41-,42-/m0/s1. The van der Waals surface area contributed by atoms with Crippen LogP contribution in [-0.4, -0.2) is 125 Å². The van der Waals surface area contributed by atoms with Gasteiger partial charge in [0.2, 0.25) is 0 Å². The minimum absolute atomic E-state index is 0.00748. The number of carboxylic acids is 1. The highest BCUT2D eigenvalue weighted by Crippen LogP contribution is 2.55. The Morgan fingerprint density at radius 2 is 1.87 bits per heavy atom. The summed E-state index contributed by atoms with van der Waals surface area (Å²) in [4.78, 5) is 40.1. The first-order valence-electron chi connectivity index (χ1n) is 19.4. The molecule has 3 aromatic carbocycles. The first kappa shape index (κ1) is 42.1. The van der Waals surface area contributed by atoms with Gasteiger partial charge in [-0.2, -0.15) is 0 Å². The lowest BCUT2D eigenvalue weighted by Gasteiger charge is -2.44. The summed E-state index contributed by atoms with van der Waals surface area (Å²) < 4.78 is 10.9. The van der Waals surface area contributed by atoms with Crippen molar-refractivity contribution in [1.82, 2.24) is 15.3 Å². The molecule has 1 saturated heterocycles. The van der Waals surface area contributed by atoms with Gasteiger partial charge < -0.3 is 66.4 Å². The molecule has 0 bridgehead atoms. The van der Waals surface area contributed by atoms with Gasteiger partial charge in [0, 0.05) is 55.0 Å². The number of carboxylic acid groups (broad SMARTS) is 1. The smallest absolute Gasteiger partial charge is 0.355 e. The number of anilines is 1. The van der Waals surface area contributed by atoms with Crippen LogP contribution in [0.15, 0.2) is 84.3 Å². The molecule has 3 heterocycles. The van der Waals surface area contributed by atoms with Gasteiger partial charge in [0.05, 0.1) is 18.6 Å². The Hall–Kier alpha value is -6.02. The van der Waals surface area contributed by atoms with Crippen molar-refractivity contribution >= 4 is 29.6 Å². The highest BCUT2D eigenvalue weighted by molar-refractivity contribution is 6.10. The number of H-pyrrole nitrogens is 1. The van der Waals surface area contributed by atoms with Gasteiger partial charge in [-0.15, -0.1) is 0 Å². The molecule has 12 N–H and O–H groups in total. The lowest BCUT2D eigenvalue weighted by atomic mass is 9.70. The Bertz CT molecular complexity index is 2250. The van der Waals surface area contributed by atoms with Crippen LogP contribution in [0.4, 0.5) is 5.69 Å². The number of hydrogen-bond donors (Lipinski definition) is 11. The lowest BCUT2D eigenvalue weighted by Crippen LogP contribution is -2.67. The first-order valence-corrected chi connectivity index (χ1v) is 19.4. The Balaban J connectivity index is 1.30. The third-order valence-electron chi connectivity index (χ3n) is 11.8. The van der Waals surface area contributed by atoms with Crippen LogP contribution in [0.1, 0.15) is 59.5 Å². The SMILES string of the molecule is CN=C(N)N[C@H]1CC[C@](C[C@@H]2c3cc(O)c(O[C@]4(O)O[C@H](CO)[C@@H](O)[C@H](O)[C@H]4O)cc3N(C(=O)/C=C/c3ccc(O)c(Cc4cnc[nH]4)c3)[C@H]2C(=O)O)(c2ccccc2)C1. The van der Waals surface area contributed by atoms with Gasteiger partial charge in [0.15, 0.2) is 23.6 Å². The number of nitrogens with two attached hydrogens (primary N) is 1. The van der Waals surface area contributed by atoms with Crippen molar-refractivity contribution in [2.24, 2.45) is 10.7 Å². The number of phenolic OH excluding ortho intramolecular Hbond substituents is 2. The molecule has 2 fully saturated rings. The summed E-state index contributed by atoms with van der Waals surface area (Å²) in [7, 11) is 1.57. The second-order valence-electron chi connectivity index (χ2n) is 15.5. The quantitative estimate of drug-likeness (QED) is 0.0410. The number of aliphatic imine (C=N–C) groups is 1. The summed E-state index contributed by atoms with van der Waals surface area (Å²) in [5, 5.41) is 88.7. The molecule has 2 aliphatic heterocycles. The van der Waals surface area contributed by atoms with E-state index in [9.17, 15) is 50.4 Å². The van der Waals surface area contributed by atoms with E-state index >= 15 is 0 Å². The number of benzene rings is 3. The van der Waals surface area contributed by atoms with E-state index in [1.54, 1.807) is 25.4 Å². The van der Waals surface area contributed by atoms with Crippen LogP contribution in [0, 0.1) is 0 Å². The highest BCUT2D eigenvalue weighted by atomic mass is 16.8. The molecule has 1 aliphatic carbocycles. The fourth-order valence-electron chi connectivity index (χ4n) is 8.77. The lowest BCUT2D eigenvalue weighted by molar-refractivity contribution is -0.422. The number of aromatic hydroxyl groups is 2. The van der Waals surface area contributed by atoms with Crippen LogP contribution >= 0.6 is 0 Å². The van der Waals surface area contributed by atoms with Gasteiger partial charge in [0.25, 0.3) is 5.91 Å². The molecule has 1 saturated carbocycles. The van der Waals surface area contributed by atoms with Gasteiger partial charge in [-0.1, -0.05) is 36.4 Å². The van der Waals surface area contributed by atoms with Crippen LogP contribution in [-0.2, 0) is 26.2 Å². The monoisotopic (exact) mass is 828 g/mol. The largest absolute Gasteiger partial charge is 0.508 e. The highest BCUT2D eigenvalue weighted by Gasteiger charge is 2.56. The number of imidazole rings is 1. The molecular weight excluding hydrogens is 780 g/mol. The molecule has 60 heavy (non-hydrogen) atoms. The van der Waals surface area contributed by atoms with E-state index < -0.39 is 77.7 Å². The van der Waals surface area contributed by atoms with E-state index in [1.165, 1.54) is 30.6 Å². The predicted molar refractivity (Wildman–Crippen MR) is 215 cm³/mol. The van der Waals surface area contributed by atoms with Crippen molar-refractivity contribution in [3.63, 3.8) is 0 Å². The Kier molecular flexibility index (Phi) is 11.9. The molecule has 1 aromatic heterocycles. The number of nitrogens with zero attached hydrogens (tertiary/aromatic N) is 3. The minimum atomic E-state index is -3.13. The maximum absolute atomic E-state index is 14.5. The summed E-state index contributed by atoms with van der Waals surface area (Å²) in [6.07, 6.45) is 0.273. The average Bonchev–Trinajstić information content (AvgIpc) is 3.98. The average molecular weight is 829 g/mol. The summed E-state index contributed by atoms with van der Waals surface area (Å²) in [5.74, 6) is -7.14. The maximum atomic E-state index is 14.5. The zero-order chi connectivity index (χ0) is 42.9. The van der Waals surface area contributed by atoms with Gasteiger partial charge in [-0.3, -0.25) is 14.7 Å². The number of aromatic amines is 1. The summed E-state index contributed by atoms with van der Waals surface area (Å²) >= 11 is 0. The number of carbonyl (C=O) groups excluding carboxylic acids is 1. The van der Waals surface area contributed by atoms with Crippen molar-refractivity contribution in [2.75, 3.05) is 18.6 Å². The summed E-state index contributed by atoms with van der Waals surface area (Å²) in [6.45, 7) is -0.896. The van der Waals surface area contributed by atoms with E-state index in [1.807, 2.05) is 30.3 Å². The Morgan fingerprint density at radius 1 is 1.10 bits per heavy atom. The predicted octanol–water partition coefficient (Wildman–Crippen LogP) is 0.922. The second-order valence-corrected chi connectivity index (χ2v) is 15.5. The minimum Gasteiger partial charge on any atom is -0.508 e. The number of aromatic nitrogens is 2. The first-order chi connectivity index (χ1) is 28.7. The van der Waals surface area contributed by atoms with Crippen LogP contribution in [0.3, 0.4) is 0 Å². The van der Waals surface area contributed by atoms with Crippen LogP contribution in [0.5, 0.6) is 17.2 Å². The third-order valence-corrected chi connectivity index (χ3v) is 11.8. The van der Waals surface area contributed by atoms with E-state index in [2.05, 4.69) is 20.3 Å². The molecule has 0 unspecified atom stereocenters. The van der Waals surface area contributed by atoms with Crippen LogP contribution in [0.2, 0.25) is 0 Å². The molecule has 318 valence electrons. The molecule has 1 amide bonds. The second kappa shape index (κ2) is 16.9. The number of carbonyl (C=O) groups is 2. The Labute approximate surface area is 343 Å². The van der Waals surface area contributed by atoms with Gasteiger partial charge in [-0.05, 0) is 72.1 Å². The molecule has 0 spiro atoms. The Morgan fingerprint density at radius 3 is 2.55 bits per heavy atom. The van der Waals surface area contributed by atoms with Gasteiger partial charge in [-0.25, -0.2) is 9.78 Å². The number of amides is 1. The molecule has 18 nitrogen and oxygen atoms in total. The molecule has 0 radical (unpaired) electrons. The fourth-order valence-corrected chi connectivity index (χ4v) is 8.77. The van der Waals surface area contributed by atoms with Gasteiger partial charge in [0.1, 0.15) is 30.1 Å². The summed E-state index contributed by atoms with van der Waals surface area (Å²) in [6, 6.07) is 15.0. The number of fused-ring (bicyclic) bond motifs is 1. The number of aliphatic carboxylic acids is 1. The number of ether oxygens (including phenoxy) is 2. The number of hydrogen-bond acceptors (Lipinski definition) is 13. The zero-order valence-corrected chi connectivity index (χ0v) is 32.5. The van der Waals surface area contributed by atoms with E-state index in [0.717, 1.165) is 22.2 Å². The maximum Gasteiger partial charge on any atom is 0.355 e. The van der Waals surface area contributed by atoms with E-state index in [-0.39, 0.29) is 35.4 Å². The molecular formula is C42H48N6O12. The van der Waals surface area contributed by atoms with Crippen molar-refractivity contribution in [3.8, 4) is 17.2 Å². The van der Waals surface area contributed by atoms with Crippen molar-refractivity contribution in [3.05, 3.63) is 107 Å². The number of rotatable bonds is 12. The topological polar surface area (TPSA) is 297 Å². The summed E-state index contributed by atoms with van der Waals surface area (Å²) in [5.41, 5.74) is 8.39.